The summed E-state index contributed by atoms with van der Waals surface area (Å²) < 4.78 is 88.5. The zero-order valence-electron chi connectivity index (χ0n) is 75.8. The lowest BCUT2D eigenvalue weighted by atomic mass is 9.34. The Morgan fingerprint density at radius 2 is 0.754 bits per heavy atom. The van der Waals surface area contributed by atoms with Crippen LogP contribution in [0.5, 0.6) is 0 Å². The topological polar surface area (TPSA) is 321 Å². The van der Waals surface area contributed by atoms with Gasteiger partial charge in [0.2, 0.25) is 0 Å². The molecule has 9 fully saturated rings. The number of halogens is 4. The molecule has 3 unspecified atom stereocenters. The first kappa shape index (κ1) is 87.9. The van der Waals surface area contributed by atoms with Crippen LogP contribution in [0.1, 0.15) is 201 Å². The number of nitrogens with one attached hydrogen (secondary N) is 4. The molecule has 25 rings (SSSR count). The van der Waals surface area contributed by atoms with Gasteiger partial charge in [0.15, 0.2) is 0 Å². The van der Waals surface area contributed by atoms with Gasteiger partial charge in [-0.3, -0.25) is 39.6 Å². The molecular formula is C106H108F4N12O12. The van der Waals surface area contributed by atoms with Gasteiger partial charge in [0, 0.05) is 165 Å². The van der Waals surface area contributed by atoms with E-state index in [0.717, 1.165) is 219 Å². The highest BCUT2D eigenvalue weighted by atomic mass is 19.1. The summed E-state index contributed by atoms with van der Waals surface area (Å²) >= 11 is 0. The Balaban J connectivity index is 0.000000107. The van der Waals surface area contributed by atoms with E-state index in [4.69, 9.17) is 18.9 Å². The molecule has 134 heavy (non-hydrogen) atoms. The Kier molecular flexibility index (Phi) is 22.7. The molecule has 0 amide bonds. The molecule has 2 bridgehead atoms. The minimum absolute atomic E-state index is 0.0685. The summed E-state index contributed by atoms with van der Waals surface area (Å²) in [4.78, 5) is 47.0. The van der Waals surface area contributed by atoms with Crippen LogP contribution in [-0.2, 0) is 57.4 Å². The van der Waals surface area contributed by atoms with Crippen LogP contribution in [0.3, 0.4) is 0 Å². The van der Waals surface area contributed by atoms with Crippen molar-refractivity contribution in [2.75, 3.05) is 52.9 Å². The molecule has 24 nitrogen and oxygen atoms in total. The largest absolute Gasteiger partial charge is 0.481 e. The number of ether oxygens (including phenoxy) is 4. The molecule has 8 N–H and O–H groups in total. The predicted octanol–water partition coefficient (Wildman–Crippen LogP) is 21.7. The van der Waals surface area contributed by atoms with Gasteiger partial charge in [-0.2, -0.15) is 20.4 Å². The number of carboxylic acid groups (broad SMARTS) is 4. The van der Waals surface area contributed by atoms with Crippen molar-refractivity contribution in [1.82, 2.24) is 59.1 Å². The number of rotatable bonds is 19. The van der Waals surface area contributed by atoms with E-state index in [1.807, 2.05) is 68.0 Å². The van der Waals surface area contributed by atoms with Gasteiger partial charge in [0.05, 0.1) is 91.6 Å². The van der Waals surface area contributed by atoms with E-state index in [1.54, 1.807) is 52.9 Å². The van der Waals surface area contributed by atoms with Gasteiger partial charge in [-0.25, -0.2) is 17.6 Å². The number of aryl methyl sites for hydroxylation is 4. The van der Waals surface area contributed by atoms with Gasteiger partial charge in [0.25, 0.3) is 0 Å². The van der Waals surface area contributed by atoms with E-state index in [2.05, 4.69) is 108 Å². The highest BCUT2D eigenvalue weighted by Crippen LogP contribution is 2.75. The Morgan fingerprint density at radius 3 is 1.10 bits per heavy atom. The summed E-state index contributed by atoms with van der Waals surface area (Å²) in [7, 11) is 0. The first-order valence-corrected chi connectivity index (χ1v) is 47.0. The van der Waals surface area contributed by atoms with Crippen molar-refractivity contribution in [2.45, 2.75) is 180 Å². The van der Waals surface area contributed by atoms with E-state index in [-0.39, 0.29) is 58.3 Å². The minimum atomic E-state index is -0.816. The average molecular weight is 1820 g/mol. The van der Waals surface area contributed by atoms with Gasteiger partial charge >= 0.3 is 23.9 Å². The fraction of sp³-hybridized carbons (Fsp3) is 0.396. The molecule has 0 spiro atoms. The summed E-state index contributed by atoms with van der Waals surface area (Å²) in [5.41, 5.74) is 22.6. The third-order valence-corrected chi connectivity index (χ3v) is 30.8. The van der Waals surface area contributed by atoms with Crippen molar-refractivity contribution in [2.24, 2.45) is 34.0 Å². The number of aromatic amines is 4. The first-order valence-electron chi connectivity index (χ1n) is 47.0. The minimum Gasteiger partial charge on any atom is -0.481 e. The van der Waals surface area contributed by atoms with Gasteiger partial charge in [-0.1, -0.05) is 6.92 Å². The summed E-state index contributed by atoms with van der Waals surface area (Å²) in [5.74, 6) is -3.14. The molecule has 4 aliphatic heterocycles. The lowest BCUT2D eigenvalue weighted by Crippen LogP contribution is -2.66. The third kappa shape index (κ3) is 15.7. The van der Waals surface area contributed by atoms with Crippen molar-refractivity contribution in [3.05, 3.63) is 237 Å². The maximum absolute atomic E-state index is 14.3. The quantitative estimate of drug-likeness (QED) is 0.0349. The smallest absolute Gasteiger partial charge is 0.309 e. The van der Waals surface area contributed by atoms with Crippen molar-refractivity contribution >= 4 is 111 Å². The molecule has 28 heteroatoms. The molecule has 9 aliphatic rings. The van der Waals surface area contributed by atoms with Crippen molar-refractivity contribution in [3.63, 3.8) is 0 Å². The van der Waals surface area contributed by atoms with Crippen LogP contribution >= 0.6 is 0 Å². The lowest BCUT2D eigenvalue weighted by Gasteiger charge is -2.68. The van der Waals surface area contributed by atoms with Crippen molar-refractivity contribution in [1.29, 1.82) is 0 Å². The number of carbonyl (C=O) groups is 4. The van der Waals surface area contributed by atoms with Crippen LogP contribution in [0.2, 0.25) is 0 Å². The number of fused-ring (bicyclic) bond motifs is 8. The van der Waals surface area contributed by atoms with Crippen molar-refractivity contribution in [3.8, 4) is 22.7 Å². The first-order chi connectivity index (χ1) is 64.7. The summed E-state index contributed by atoms with van der Waals surface area (Å²) in [6, 6.07) is 38.2. The number of hydrogen-bond donors (Lipinski definition) is 8. The third-order valence-electron chi connectivity index (χ3n) is 30.8. The Bertz CT molecular complexity index is 7340. The second-order valence-electron chi connectivity index (χ2n) is 39.7. The van der Waals surface area contributed by atoms with E-state index in [9.17, 15) is 57.2 Å². The van der Waals surface area contributed by atoms with E-state index < -0.39 is 40.6 Å². The normalized spacial score (nSPS) is 21.8. The lowest BCUT2D eigenvalue weighted by molar-refractivity contribution is -0.222. The number of nitrogens with zero attached hydrogens (tertiary/aromatic N) is 8. The highest BCUT2D eigenvalue weighted by Gasteiger charge is 2.71. The average Bonchev–Trinajstić information content (AvgIpc) is 0.866. The van der Waals surface area contributed by atoms with Crippen LogP contribution in [0, 0.1) is 85.0 Å². The van der Waals surface area contributed by atoms with E-state index in [0.29, 0.717) is 93.0 Å². The van der Waals surface area contributed by atoms with Crippen LogP contribution in [0.25, 0.3) is 110 Å². The second-order valence-corrected chi connectivity index (χ2v) is 39.7. The van der Waals surface area contributed by atoms with E-state index >= 15 is 0 Å². The second kappa shape index (κ2) is 34.6. The van der Waals surface area contributed by atoms with Crippen LogP contribution in [-0.4, -0.2) is 156 Å². The molecule has 8 aromatic heterocycles. The molecule has 5 aliphatic carbocycles. The zero-order chi connectivity index (χ0) is 92.7. The molecule has 0 radical (unpaired) electrons. The molecule has 5 saturated carbocycles. The monoisotopic (exact) mass is 1820 g/mol. The summed E-state index contributed by atoms with van der Waals surface area (Å²) in [5, 5.41) is 76.3. The van der Waals surface area contributed by atoms with Gasteiger partial charge in [-0.05, 0) is 327 Å². The van der Waals surface area contributed by atoms with Crippen LogP contribution in [0.4, 0.5) is 17.6 Å². The predicted molar refractivity (Wildman–Crippen MR) is 503 cm³/mol. The maximum atomic E-state index is 14.3. The zero-order valence-corrected chi connectivity index (χ0v) is 75.8. The molecule has 692 valence electrons. The van der Waals surface area contributed by atoms with E-state index in [1.165, 1.54) is 57.4 Å². The fourth-order valence-corrected chi connectivity index (χ4v) is 23.6. The summed E-state index contributed by atoms with van der Waals surface area (Å²) in [6.07, 6.45) is 20.8. The van der Waals surface area contributed by atoms with Crippen molar-refractivity contribution < 1.29 is 76.1 Å². The highest BCUT2D eigenvalue weighted by molar-refractivity contribution is 6.03. The van der Waals surface area contributed by atoms with Crippen LogP contribution < -0.4 is 0 Å². The van der Waals surface area contributed by atoms with Gasteiger partial charge in [-0.15, -0.1) is 0 Å². The number of hydrogen-bond acceptors (Lipinski definition) is 12. The number of H-pyrrole nitrogens is 4. The van der Waals surface area contributed by atoms with Crippen LogP contribution in [0.15, 0.2) is 146 Å². The maximum Gasteiger partial charge on any atom is 0.309 e. The number of benzene rings is 8. The van der Waals surface area contributed by atoms with Gasteiger partial charge in [0.1, 0.15) is 23.3 Å². The summed E-state index contributed by atoms with van der Waals surface area (Å²) in [6.45, 7) is 16.4. The SMILES string of the molecule is Cc1cc(-n2c(C3CCOCC3)c(C3CC(C)(C(=O)O)C3)c3cc4[nH]ncc4cc32)ccc1F.Cc1cc(-n2c(C3CCOCC3)c(CC(C)C(=O)O)c3cc4[nH]ncc4cc32)ccc1F.Cc1cc(-n2c(C3CCOCC3)c(CC34CC(C(=O)O)(C3)C4)c3cc4[nH]ncc4cc32)ccc1F.Cc1cc(-n2c(C3CCOCC3)c(CC3CC3C(=O)O)c3cc4[nH]ncc4cc32)ccc1F. The fourth-order valence-electron chi connectivity index (χ4n) is 23.6. The molecule has 4 saturated heterocycles. The molecular weight excluding hydrogens is 1710 g/mol. The Labute approximate surface area is 768 Å². The van der Waals surface area contributed by atoms with Gasteiger partial charge < -0.3 is 57.6 Å². The number of aliphatic carboxylic acids is 4. The standard InChI is InChI=1S/C28H28FN3O3.C27H28FN3O3.C26H26FN3O3.C25H26FN3O3/c1-16-8-19(2-3-22(16)29)32-24-9-18-12-30-31-23(18)10-20(24)21(25(32)17-4-6-35-7-5-17)11-27-13-28(14-27,15-27)26(33)34;1-15-9-19(3-4-21(15)28)31-23-10-17-14-29-30-22(17)11-20(23)24(18-12-27(2,13-18)26(32)33)25(31)16-5-7-34-8-6-16;1-14-8-18(2-3-22(14)27)30-24-11-17-13-28-29-23(17)12-20(24)21(10-16-9-19(16)26(31)32)25(30)15-4-6-33-7-5-15;1-14-9-18(3-4-21(14)26)29-23-11-17-13-27-28-22(17)12-19(23)20(10-15(2)25(30)31)24(29)16-5-7-32-8-6-16/h2-3,8-10,12,17H,4-7,11,13-15H2,1H3,(H,30,31)(H,33,34);3-4,9-11,14,16,18H,5-8,12-13H2,1-2H3,(H,29,30)(H,32,33);2-3,8,11-13,15-16,19H,4-7,9-10H2,1H3,(H,28,29)(H,31,32);3-4,9,11-13,15-16H,5-8,10H2,1-2H3,(H,27,28)(H,30,31). The molecule has 8 aromatic carbocycles. The molecule has 3 atom stereocenters. The Hall–Kier alpha value is -12.8. The molecule has 16 aromatic rings. The Morgan fingerprint density at radius 1 is 0.425 bits per heavy atom. The number of aromatic nitrogens is 12. The number of carboxylic acids is 4. The molecule has 12 heterocycles.